The Bertz CT molecular complexity index is 353. The molecule has 0 saturated carbocycles. The Morgan fingerprint density at radius 3 is 2.00 bits per heavy atom. The maximum atomic E-state index is 10.8. The molecule has 0 amide bonds. The molecule has 100 valence electrons. The van der Waals surface area contributed by atoms with Crippen LogP contribution in [0.1, 0.15) is 0 Å². The van der Waals surface area contributed by atoms with Crippen LogP contribution in [0.25, 0.3) is 0 Å². The fourth-order valence-electron chi connectivity index (χ4n) is 0.809. The molecule has 6 N–H and O–H groups in total. The van der Waals surface area contributed by atoms with Crippen LogP contribution < -0.4 is 34.7 Å². The number of phosphoric acid groups is 1. The first kappa shape index (κ1) is 20.2. The van der Waals surface area contributed by atoms with Gasteiger partial charge in [0.05, 0.1) is 6.61 Å². The molecule has 0 bridgehead atoms. The van der Waals surface area contributed by atoms with Gasteiger partial charge in [-0.25, -0.2) is 9.36 Å². The van der Waals surface area contributed by atoms with E-state index in [1.54, 1.807) is 0 Å². The topological polar surface area (TPSA) is 188 Å². The number of aliphatic hydroxyl groups excluding tert-OH is 3. The standard InChI is InChI=1S/C6H8O6.Na.H3O4P/c7-1-2(8)5-3(9)4(10)6(11)12-5;;1-5(2,3)4/h2,5,7-10H,1H2;;(H3,1,2,3,4)/q;+1;/p-1/t2-,5+;;/m0../s1. The summed E-state index contributed by atoms with van der Waals surface area (Å²) in [7, 11) is -4.64. The third kappa shape index (κ3) is 7.31. The van der Waals surface area contributed by atoms with E-state index in [1.807, 2.05) is 0 Å². The summed E-state index contributed by atoms with van der Waals surface area (Å²) in [6, 6.07) is 0. The van der Waals surface area contributed by atoms with Crippen LogP contribution in [0, 0.1) is 0 Å². The molecule has 1 rings (SSSR count). The van der Waals surface area contributed by atoms with E-state index in [-0.39, 0.29) is 29.6 Å². The van der Waals surface area contributed by atoms with Crippen molar-refractivity contribution in [3.05, 3.63) is 11.5 Å². The molecule has 0 aromatic heterocycles. The minimum Gasteiger partial charge on any atom is -0.870 e. The van der Waals surface area contributed by atoms with E-state index in [2.05, 4.69) is 4.74 Å². The van der Waals surface area contributed by atoms with Crippen molar-refractivity contribution in [2.45, 2.75) is 12.2 Å². The van der Waals surface area contributed by atoms with Gasteiger partial charge in [-0.15, -0.1) is 0 Å². The quantitative estimate of drug-likeness (QED) is 0.162. The number of hydrogen-bond donors (Lipinski definition) is 6. The summed E-state index contributed by atoms with van der Waals surface area (Å²) < 4.78 is 13.1. The fraction of sp³-hybridized carbons (Fsp3) is 0.500. The molecule has 1 aliphatic rings. The average molecular weight is 296 g/mol. The van der Waals surface area contributed by atoms with Crippen molar-refractivity contribution < 1.29 is 78.8 Å². The summed E-state index contributed by atoms with van der Waals surface area (Å²) in [6.07, 6.45) is -2.95. The van der Waals surface area contributed by atoms with Gasteiger partial charge in [-0.2, -0.15) is 0 Å². The number of aliphatic hydroxyl groups is 3. The van der Waals surface area contributed by atoms with Gasteiger partial charge in [0.15, 0.2) is 5.76 Å². The second-order valence-corrected chi connectivity index (χ2v) is 3.83. The largest absolute Gasteiger partial charge is 1.00 e. The molecule has 0 saturated heterocycles. The number of ether oxygens (including phenoxy) is 1. The van der Waals surface area contributed by atoms with E-state index in [1.165, 1.54) is 0 Å². The smallest absolute Gasteiger partial charge is 0.870 e. The Labute approximate surface area is 123 Å². The molecular weight excluding hydrogens is 286 g/mol. The summed E-state index contributed by atoms with van der Waals surface area (Å²) in [6.45, 7) is -0.711. The van der Waals surface area contributed by atoms with E-state index < -0.39 is 44.1 Å². The van der Waals surface area contributed by atoms with Crippen molar-refractivity contribution >= 4 is 13.8 Å². The summed E-state index contributed by atoms with van der Waals surface area (Å²) in [5.41, 5.74) is 0. The normalized spacial score (nSPS) is 20.5. The van der Waals surface area contributed by atoms with Crippen LogP contribution in [0.15, 0.2) is 11.5 Å². The van der Waals surface area contributed by atoms with Crippen molar-refractivity contribution in [1.82, 2.24) is 0 Å². The first-order valence-corrected chi connectivity index (χ1v) is 5.52. The maximum Gasteiger partial charge on any atom is 1.00 e. The van der Waals surface area contributed by atoms with E-state index in [9.17, 15) is 9.90 Å². The van der Waals surface area contributed by atoms with Gasteiger partial charge in [0.1, 0.15) is 12.2 Å². The van der Waals surface area contributed by atoms with Gasteiger partial charge in [-0.3, -0.25) is 0 Å². The van der Waals surface area contributed by atoms with Crippen molar-refractivity contribution in [3.63, 3.8) is 0 Å². The number of carbonyl (C=O) groups excluding carboxylic acids is 1. The Hall–Kier alpha value is -0.160. The second-order valence-electron chi connectivity index (χ2n) is 2.80. The van der Waals surface area contributed by atoms with Crippen LogP contribution >= 0.6 is 7.82 Å². The Morgan fingerprint density at radius 1 is 1.39 bits per heavy atom. The zero-order valence-corrected chi connectivity index (χ0v) is 12.0. The van der Waals surface area contributed by atoms with Crippen molar-refractivity contribution in [2.75, 3.05) is 6.61 Å². The van der Waals surface area contributed by atoms with Crippen molar-refractivity contribution in [3.8, 4) is 0 Å². The fourth-order valence-corrected chi connectivity index (χ4v) is 0.809. The summed E-state index contributed by atoms with van der Waals surface area (Å²) >= 11 is 0. The van der Waals surface area contributed by atoms with Gasteiger partial charge >= 0.3 is 43.3 Å². The first-order valence-electron chi connectivity index (χ1n) is 3.96. The molecule has 2 atom stereocenters. The minimum atomic E-state index is -4.64. The van der Waals surface area contributed by atoms with E-state index >= 15 is 0 Å². The number of esters is 1. The first-order chi connectivity index (χ1) is 7.57. The van der Waals surface area contributed by atoms with Crippen LogP contribution in [0.4, 0.5) is 0 Å². The molecular formula is C6H10NaO10P. The van der Waals surface area contributed by atoms with Gasteiger partial charge in [0.2, 0.25) is 0 Å². The molecule has 10 nitrogen and oxygen atoms in total. The molecule has 18 heavy (non-hydrogen) atoms. The average Bonchev–Trinajstić information content (AvgIpc) is 2.42. The molecule has 0 radical (unpaired) electrons. The summed E-state index contributed by atoms with van der Waals surface area (Å²) in [4.78, 5) is 32.1. The van der Waals surface area contributed by atoms with Crippen LogP contribution in [0.3, 0.4) is 0 Å². The monoisotopic (exact) mass is 296 g/mol. The molecule has 0 aliphatic carbocycles. The van der Waals surface area contributed by atoms with Gasteiger partial charge in [0, 0.05) is 0 Å². The van der Waals surface area contributed by atoms with E-state index in [0.29, 0.717) is 0 Å². The molecule has 0 spiro atoms. The third-order valence-electron chi connectivity index (χ3n) is 1.46. The van der Waals surface area contributed by atoms with E-state index in [0.717, 1.165) is 0 Å². The third-order valence-corrected chi connectivity index (χ3v) is 1.46. The van der Waals surface area contributed by atoms with Crippen molar-refractivity contribution in [2.24, 2.45) is 0 Å². The van der Waals surface area contributed by atoms with Crippen molar-refractivity contribution in [1.29, 1.82) is 0 Å². The molecule has 1 aliphatic heterocycles. The zero-order valence-electron chi connectivity index (χ0n) is 9.13. The SMILES string of the molecule is O=C1O[C@H]([C@@H](O)CO)C([O-])=C1O.O=P(O)(O)O.[Na+]. The number of cyclic esters (lactones) is 1. The predicted octanol–water partition coefficient (Wildman–Crippen LogP) is -6.53. The summed E-state index contributed by atoms with van der Waals surface area (Å²) in [5, 5.41) is 36.8. The van der Waals surface area contributed by atoms with Gasteiger partial charge in [0.25, 0.3) is 0 Å². The Balaban J connectivity index is 0. The number of hydrogen-bond acceptors (Lipinski definition) is 7. The van der Waals surface area contributed by atoms with Crippen LogP contribution in [-0.4, -0.2) is 54.8 Å². The van der Waals surface area contributed by atoms with E-state index in [4.69, 9.17) is 34.6 Å². The Morgan fingerprint density at radius 2 is 1.78 bits per heavy atom. The summed E-state index contributed by atoms with van der Waals surface area (Å²) in [5.74, 6) is -3.20. The van der Waals surface area contributed by atoms with Gasteiger partial charge in [-0.1, -0.05) is 0 Å². The molecule has 0 aromatic rings. The van der Waals surface area contributed by atoms with Crippen LogP contribution in [0.5, 0.6) is 0 Å². The van der Waals surface area contributed by atoms with Crippen LogP contribution in [-0.2, 0) is 14.1 Å². The molecule has 1 heterocycles. The minimum absolute atomic E-state index is 0. The second kappa shape index (κ2) is 8.10. The molecule has 0 fully saturated rings. The van der Waals surface area contributed by atoms with Gasteiger partial charge < -0.3 is 39.8 Å². The number of rotatable bonds is 2. The van der Waals surface area contributed by atoms with Crippen LogP contribution in [0.2, 0.25) is 0 Å². The number of carbonyl (C=O) groups is 1. The molecule has 0 aromatic carbocycles. The zero-order chi connectivity index (χ0) is 13.8. The predicted molar refractivity (Wildman–Crippen MR) is 46.9 cm³/mol. The molecule has 0 unspecified atom stereocenters. The Kier molecular flexibility index (Phi) is 9.07. The molecule has 12 heteroatoms. The maximum absolute atomic E-state index is 10.8. The van der Waals surface area contributed by atoms with Gasteiger partial charge in [-0.05, 0) is 5.76 Å².